The highest BCUT2D eigenvalue weighted by Gasteiger charge is 2.23. The van der Waals surface area contributed by atoms with E-state index < -0.39 is 0 Å². The van der Waals surface area contributed by atoms with E-state index in [0.29, 0.717) is 29.0 Å². The predicted molar refractivity (Wildman–Crippen MR) is 119 cm³/mol. The maximum Gasteiger partial charge on any atom is 0.190 e. The zero-order chi connectivity index (χ0) is 20.4. The van der Waals surface area contributed by atoms with Gasteiger partial charge in [0.25, 0.3) is 0 Å². The molecular formula is C23H23ClN4O. The number of fused-ring (bicyclic) bond motifs is 1. The number of benzene rings is 2. The van der Waals surface area contributed by atoms with Crippen molar-refractivity contribution >= 4 is 39.6 Å². The molecule has 2 N–H and O–H groups in total. The molecule has 1 saturated carbocycles. The molecule has 3 aromatic rings. The summed E-state index contributed by atoms with van der Waals surface area (Å²) in [5, 5.41) is 8.66. The molecule has 0 spiro atoms. The minimum absolute atomic E-state index is 0.490. The minimum atomic E-state index is 0.490. The highest BCUT2D eigenvalue weighted by molar-refractivity contribution is 6.32. The zero-order valence-corrected chi connectivity index (χ0v) is 17.3. The first-order valence-corrected chi connectivity index (χ1v) is 10.2. The summed E-state index contributed by atoms with van der Waals surface area (Å²) in [6.45, 7) is 10.2. The molecule has 1 aromatic heterocycles. The number of aromatic nitrogens is 1. The second-order valence-corrected chi connectivity index (χ2v) is 7.66. The summed E-state index contributed by atoms with van der Waals surface area (Å²) >= 11 is 6.28. The number of nitrogens with one attached hydrogen (secondary N) is 2. The molecule has 1 heterocycles. The van der Waals surface area contributed by atoms with E-state index in [0.717, 1.165) is 39.8 Å². The molecule has 0 unspecified atom stereocenters. The van der Waals surface area contributed by atoms with Gasteiger partial charge in [0.15, 0.2) is 5.69 Å². The first-order chi connectivity index (χ1) is 14.1. The van der Waals surface area contributed by atoms with Crippen molar-refractivity contribution < 1.29 is 4.74 Å². The topological polar surface area (TPSA) is 50.5 Å². The van der Waals surface area contributed by atoms with Gasteiger partial charge >= 0.3 is 0 Å². The van der Waals surface area contributed by atoms with E-state index in [2.05, 4.69) is 22.4 Å². The van der Waals surface area contributed by atoms with Gasteiger partial charge < -0.3 is 15.4 Å². The minimum Gasteiger partial charge on any atom is -0.495 e. The Bertz CT molecular complexity index is 1100. The summed E-state index contributed by atoms with van der Waals surface area (Å²) in [4.78, 5) is 8.40. The molecule has 5 nitrogen and oxygen atoms in total. The van der Waals surface area contributed by atoms with Crippen LogP contribution in [-0.2, 0) is 13.0 Å². The number of rotatable bonds is 7. The Hall–Kier alpha value is -2.97. The molecule has 1 aliphatic rings. The van der Waals surface area contributed by atoms with Crippen LogP contribution in [0.2, 0.25) is 5.02 Å². The summed E-state index contributed by atoms with van der Waals surface area (Å²) in [6.07, 6.45) is 5.11. The van der Waals surface area contributed by atoms with Crippen molar-refractivity contribution in [3.05, 3.63) is 64.1 Å². The quantitative estimate of drug-likeness (QED) is 0.459. The fraction of sp³-hybridized carbons (Fsp3) is 0.304. The van der Waals surface area contributed by atoms with Gasteiger partial charge in [0.1, 0.15) is 5.75 Å². The normalized spacial score (nSPS) is 13.2. The van der Waals surface area contributed by atoms with Crippen molar-refractivity contribution in [3.8, 4) is 5.75 Å². The Balaban J connectivity index is 1.73. The Labute approximate surface area is 175 Å². The molecule has 0 amide bonds. The number of anilines is 2. The number of aryl methyl sites for hydroxylation is 1. The second kappa shape index (κ2) is 8.18. The molecule has 1 aliphatic carbocycles. The Morgan fingerprint density at radius 2 is 2.10 bits per heavy atom. The van der Waals surface area contributed by atoms with Crippen LogP contribution in [0.15, 0.2) is 36.5 Å². The summed E-state index contributed by atoms with van der Waals surface area (Å²) in [5.41, 5.74) is 5.66. The lowest BCUT2D eigenvalue weighted by molar-refractivity contribution is 0.415. The number of halogens is 1. The van der Waals surface area contributed by atoms with Crippen LogP contribution in [0, 0.1) is 6.57 Å². The van der Waals surface area contributed by atoms with Gasteiger partial charge in [0.2, 0.25) is 0 Å². The molecule has 0 atom stereocenters. The lowest BCUT2D eigenvalue weighted by atomic mass is 10.0. The van der Waals surface area contributed by atoms with E-state index in [4.69, 9.17) is 27.9 Å². The van der Waals surface area contributed by atoms with Crippen LogP contribution in [0.25, 0.3) is 15.7 Å². The summed E-state index contributed by atoms with van der Waals surface area (Å²) in [7, 11) is 1.61. The van der Waals surface area contributed by atoms with Gasteiger partial charge in [-0.2, -0.15) is 0 Å². The van der Waals surface area contributed by atoms with Crippen molar-refractivity contribution in [1.29, 1.82) is 0 Å². The molecule has 6 heteroatoms. The van der Waals surface area contributed by atoms with Crippen LogP contribution in [-0.4, -0.2) is 18.1 Å². The number of nitrogens with zero attached hydrogens (tertiary/aromatic N) is 2. The molecule has 29 heavy (non-hydrogen) atoms. The molecule has 0 saturated heterocycles. The average molecular weight is 407 g/mol. The van der Waals surface area contributed by atoms with Gasteiger partial charge in [-0.25, -0.2) is 4.85 Å². The highest BCUT2D eigenvalue weighted by atomic mass is 35.5. The summed E-state index contributed by atoms with van der Waals surface area (Å²) < 4.78 is 5.24. The molecule has 148 valence electrons. The maximum atomic E-state index is 7.51. The third kappa shape index (κ3) is 4.08. The SMILES string of the molecule is [C-]#[N+]c1cc(NC2CC2)c2ncc(CC)c(NCc3ccc(OC)c(Cl)c3)c2c1. The number of methoxy groups -OCH3 is 1. The molecule has 0 bridgehead atoms. The molecule has 0 radical (unpaired) electrons. The first-order valence-electron chi connectivity index (χ1n) is 9.78. The Morgan fingerprint density at radius 1 is 1.28 bits per heavy atom. The van der Waals surface area contributed by atoms with Crippen molar-refractivity contribution in [3.63, 3.8) is 0 Å². The Morgan fingerprint density at radius 3 is 2.76 bits per heavy atom. The van der Waals surface area contributed by atoms with E-state index in [9.17, 15) is 0 Å². The Kier molecular flexibility index (Phi) is 5.46. The number of hydrogen-bond donors (Lipinski definition) is 2. The van der Waals surface area contributed by atoms with Crippen LogP contribution in [0.5, 0.6) is 5.75 Å². The fourth-order valence-corrected chi connectivity index (χ4v) is 3.72. The fourth-order valence-electron chi connectivity index (χ4n) is 3.44. The molecule has 1 fully saturated rings. The van der Waals surface area contributed by atoms with Gasteiger partial charge in [-0.1, -0.05) is 24.6 Å². The standard InChI is InChI=1S/C23H23ClN4O/c1-4-15-13-27-23-18(10-17(25-2)11-20(23)28-16-6-7-16)22(15)26-12-14-5-8-21(29-3)19(24)9-14/h5,8-11,13,16,28H,4,6-7,12H2,1,3H3,(H,26,27). The van der Waals surface area contributed by atoms with E-state index in [1.807, 2.05) is 36.5 Å². The van der Waals surface area contributed by atoms with Crippen molar-refractivity contribution in [1.82, 2.24) is 4.98 Å². The average Bonchev–Trinajstić information content (AvgIpc) is 3.55. The lowest BCUT2D eigenvalue weighted by Crippen LogP contribution is -2.06. The largest absolute Gasteiger partial charge is 0.495 e. The van der Waals surface area contributed by atoms with Crippen LogP contribution >= 0.6 is 11.6 Å². The van der Waals surface area contributed by atoms with Gasteiger partial charge in [0, 0.05) is 29.9 Å². The third-order valence-electron chi connectivity index (χ3n) is 5.17. The van der Waals surface area contributed by atoms with Crippen LogP contribution in [0.3, 0.4) is 0 Å². The van der Waals surface area contributed by atoms with E-state index in [1.54, 1.807) is 7.11 Å². The maximum absolute atomic E-state index is 7.51. The van der Waals surface area contributed by atoms with Crippen LogP contribution in [0.1, 0.15) is 30.9 Å². The smallest absolute Gasteiger partial charge is 0.190 e. The summed E-state index contributed by atoms with van der Waals surface area (Å²) in [6, 6.07) is 10.1. The van der Waals surface area contributed by atoms with Crippen LogP contribution < -0.4 is 15.4 Å². The predicted octanol–water partition coefficient (Wildman–Crippen LogP) is 6.20. The van der Waals surface area contributed by atoms with Crippen molar-refractivity contribution in [2.45, 2.75) is 38.8 Å². The third-order valence-corrected chi connectivity index (χ3v) is 5.46. The lowest BCUT2D eigenvalue weighted by Gasteiger charge is -2.17. The van der Waals surface area contributed by atoms with Gasteiger partial charge in [-0.15, -0.1) is 0 Å². The molecule has 4 rings (SSSR count). The van der Waals surface area contributed by atoms with Crippen LogP contribution in [0.4, 0.5) is 17.1 Å². The zero-order valence-electron chi connectivity index (χ0n) is 16.6. The number of hydrogen-bond acceptors (Lipinski definition) is 4. The first kappa shape index (κ1) is 19.4. The van der Waals surface area contributed by atoms with E-state index in [1.165, 1.54) is 12.8 Å². The molecule has 2 aromatic carbocycles. The van der Waals surface area contributed by atoms with E-state index >= 15 is 0 Å². The second-order valence-electron chi connectivity index (χ2n) is 7.25. The monoisotopic (exact) mass is 406 g/mol. The van der Waals surface area contributed by atoms with Gasteiger partial charge in [-0.3, -0.25) is 4.98 Å². The highest BCUT2D eigenvalue weighted by Crippen LogP contribution is 2.37. The van der Waals surface area contributed by atoms with Crippen molar-refractivity contribution in [2.24, 2.45) is 0 Å². The van der Waals surface area contributed by atoms with Gasteiger partial charge in [-0.05, 0) is 54.7 Å². The number of ether oxygens (including phenoxy) is 1. The van der Waals surface area contributed by atoms with E-state index in [-0.39, 0.29) is 0 Å². The molecular weight excluding hydrogens is 384 g/mol. The molecule has 0 aliphatic heterocycles. The number of pyridine rings is 1. The van der Waals surface area contributed by atoms with Gasteiger partial charge in [0.05, 0.1) is 29.9 Å². The van der Waals surface area contributed by atoms with Crippen molar-refractivity contribution in [2.75, 3.05) is 17.7 Å². The summed E-state index contributed by atoms with van der Waals surface area (Å²) in [5.74, 6) is 0.663.